The minimum absolute atomic E-state index is 0. The summed E-state index contributed by atoms with van der Waals surface area (Å²) in [5, 5.41) is -0.505. The number of nitrogens with two attached hydrogens (primary N) is 1. The minimum atomic E-state index is -3.07. The largest absolute Gasteiger partial charge is 0.337 e. The molecule has 2 atom stereocenters. The summed E-state index contributed by atoms with van der Waals surface area (Å²) in [5.74, 6) is 0.0625. The lowest BCUT2D eigenvalue weighted by Crippen LogP contribution is -2.59. The van der Waals surface area contributed by atoms with Crippen LogP contribution in [0.25, 0.3) is 0 Å². The van der Waals surface area contributed by atoms with E-state index >= 15 is 0 Å². The van der Waals surface area contributed by atoms with Gasteiger partial charge in [-0.15, -0.1) is 12.4 Å². The summed E-state index contributed by atoms with van der Waals surface area (Å²) in [5.41, 5.74) is 5.26. The maximum Gasteiger partial charge on any atom is 0.230 e. The van der Waals surface area contributed by atoms with Crippen molar-refractivity contribution in [1.82, 2.24) is 4.90 Å². The third-order valence-corrected chi connectivity index (χ3v) is 7.09. The van der Waals surface area contributed by atoms with Crippen LogP contribution in [-0.2, 0) is 14.6 Å². The molecular formula is C13H27ClN2O3S. The van der Waals surface area contributed by atoms with Crippen LogP contribution in [-0.4, -0.2) is 49.4 Å². The van der Waals surface area contributed by atoms with Crippen LogP contribution in [0.5, 0.6) is 0 Å². The van der Waals surface area contributed by atoms with Crippen molar-refractivity contribution in [2.45, 2.75) is 51.8 Å². The summed E-state index contributed by atoms with van der Waals surface area (Å²) >= 11 is 0. The Morgan fingerprint density at radius 1 is 1.30 bits per heavy atom. The predicted molar refractivity (Wildman–Crippen MR) is 83.7 cm³/mol. The maximum atomic E-state index is 12.7. The molecule has 0 aromatic carbocycles. The van der Waals surface area contributed by atoms with Gasteiger partial charge in [-0.3, -0.25) is 4.79 Å². The van der Waals surface area contributed by atoms with E-state index in [1.807, 2.05) is 20.8 Å². The van der Waals surface area contributed by atoms with Gasteiger partial charge in [-0.2, -0.15) is 0 Å². The molecule has 0 saturated carbocycles. The Labute approximate surface area is 128 Å². The summed E-state index contributed by atoms with van der Waals surface area (Å²) in [4.78, 5) is 14.4. The lowest BCUT2D eigenvalue weighted by atomic mass is 9.80. The van der Waals surface area contributed by atoms with E-state index in [0.29, 0.717) is 19.4 Å². The fourth-order valence-electron chi connectivity index (χ4n) is 2.69. The van der Waals surface area contributed by atoms with E-state index in [1.165, 1.54) is 0 Å². The maximum absolute atomic E-state index is 12.7. The Morgan fingerprint density at radius 3 is 2.20 bits per heavy atom. The number of amides is 1. The summed E-state index contributed by atoms with van der Waals surface area (Å²) in [6, 6.07) is -0.282. The molecule has 120 valence electrons. The van der Waals surface area contributed by atoms with Gasteiger partial charge in [-0.25, -0.2) is 8.42 Å². The van der Waals surface area contributed by atoms with Gasteiger partial charge in [0.25, 0.3) is 0 Å². The van der Waals surface area contributed by atoms with Crippen LogP contribution in [0.4, 0.5) is 0 Å². The molecule has 1 aliphatic heterocycles. The number of rotatable bonds is 4. The number of sulfone groups is 1. The second-order valence-electron chi connectivity index (χ2n) is 5.50. The van der Waals surface area contributed by atoms with Crippen molar-refractivity contribution in [2.24, 2.45) is 11.1 Å². The zero-order valence-corrected chi connectivity index (χ0v) is 14.4. The molecule has 0 spiro atoms. The number of carbonyl (C=O) groups is 1. The second kappa shape index (κ2) is 7.09. The number of nitrogens with zero attached hydrogens (tertiary/aromatic N) is 1. The normalized spacial score (nSPS) is 25.9. The first-order valence-electron chi connectivity index (χ1n) is 6.98. The van der Waals surface area contributed by atoms with Crippen molar-refractivity contribution in [3.05, 3.63) is 0 Å². The highest BCUT2D eigenvalue weighted by molar-refractivity contribution is 7.92. The Bertz CT molecular complexity index is 427. The van der Waals surface area contributed by atoms with Gasteiger partial charge < -0.3 is 10.6 Å². The van der Waals surface area contributed by atoms with E-state index < -0.39 is 20.5 Å². The molecule has 0 aromatic rings. The van der Waals surface area contributed by atoms with Gasteiger partial charge in [0, 0.05) is 19.1 Å². The van der Waals surface area contributed by atoms with Gasteiger partial charge in [0.05, 0.1) is 16.4 Å². The van der Waals surface area contributed by atoms with Crippen molar-refractivity contribution in [3.63, 3.8) is 0 Å². The van der Waals surface area contributed by atoms with E-state index in [9.17, 15) is 13.2 Å². The number of halogens is 1. The van der Waals surface area contributed by atoms with Gasteiger partial charge in [0.15, 0.2) is 9.84 Å². The fourth-order valence-corrected chi connectivity index (χ4v) is 4.26. The van der Waals surface area contributed by atoms with E-state index in [-0.39, 0.29) is 36.7 Å². The first-order chi connectivity index (χ1) is 8.75. The van der Waals surface area contributed by atoms with Crippen LogP contribution in [0.1, 0.15) is 40.5 Å². The summed E-state index contributed by atoms with van der Waals surface area (Å²) in [7, 11) is -3.07. The van der Waals surface area contributed by atoms with Crippen molar-refractivity contribution >= 4 is 28.2 Å². The summed E-state index contributed by atoms with van der Waals surface area (Å²) in [6.07, 6.45) is 1.37. The Hall–Kier alpha value is -0.330. The third kappa shape index (κ3) is 3.28. The first kappa shape index (κ1) is 19.7. The molecule has 7 heteroatoms. The van der Waals surface area contributed by atoms with Crippen molar-refractivity contribution in [3.8, 4) is 0 Å². The molecule has 1 rings (SSSR count). The molecule has 1 heterocycles. The van der Waals surface area contributed by atoms with Crippen molar-refractivity contribution in [2.75, 3.05) is 18.8 Å². The van der Waals surface area contributed by atoms with E-state index in [4.69, 9.17) is 5.73 Å². The smallest absolute Gasteiger partial charge is 0.230 e. The zero-order chi connectivity index (χ0) is 14.8. The average molecular weight is 327 g/mol. The monoisotopic (exact) mass is 326 g/mol. The zero-order valence-electron chi connectivity index (χ0n) is 12.8. The molecular weight excluding hydrogens is 300 g/mol. The van der Waals surface area contributed by atoms with E-state index in [1.54, 1.807) is 11.8 Å². The molecule has 0 radical (unpaired) electrons. The van der Waals surface area contributed by atoms with Crippen molar-refractivity contribution < 1.29 is 13.2 Å². The molecule has 1 saturated heterocycles. The molecule has 1 amide bonds. The predicted octanol–water partition coefficient (Wildman–Crippen LogP) is 1.21. The summed E-state index contributed by atoms with van der Waals surface area (Å²) in [6.45, 7) is 8.01. The average Bonchev–Trinajstić information content (AvgIpc) is 2.39. The number of hydrogen-bond donors (Lipinski definition) is 1. The standard InChI is InChI=1S/C13H26N2O3S.ClH/c1-5-13(6-2,9-14)12(16)15-7-8-19(17,18)11(4)10(15)3;/h10-11H,5-9,14H2,1-4H3;1H. The highest BCUT2D eigenvalue weighted by Gasteiger charge is 2.44. The van der Waals surface area contributed by atoms with Crippen LogP contribution in [0, 0.1) is 5.41 Å². The highest BCUT2D eigenvalue weighted by atomic mass is 35.5. The Morgan fingerprint density at radius 2 is 1.80 bits per heavy atom. The van der Waals surface area contributed by atoms with Crippen LogP contribution < -0.4 is 5.73 Å². The Kier molecular flexibility index (Phi) is 6.97. The molecule has 0 bridgehead atoms. The number of carbonyl (C=O) groups excluding carboxylic acids is 1. The lowest BCUT2D eigenvalue weighted by molar-refractivity contribution is -0.144. The second-order valence-corrected chi connectivity index (χ2v) is 7.98. The first-order valence-corrected chi connectivity index (χ1v) is 8.70. The van der Waals surface area contributed by atoms with E-state index in [0.717, 1.165) is 0 Å². The molecule has 1 aliphatic rings. The lowest BCUT2D eigenvalue weighted by Gasteiger charge is -2.43. The summed E-state index contributed by atoms with van der Waals surface area (Å²) < 4.78 is 23.7. The number of hydrogen-bond acceptors (Lipinski definition) is 4. The molecule has 2 N–H and O–H groups in total. The van der Waals surface area contributed by atoms with Gasteiger partial charge >= 0.3 is 0 Å². The van der Waals surface area contributed by atoms with Crippen LogP contribution in [0.2, 0.25) is 0 Å². The topological polar surface area (TPSA) is 80.5 Å². The molecule has 5 nitrogen and oxygen atoms in total. The molecule has 0 aromatic heterocycles. The molecule has 0 aliphatic carbocycles. The third-order valence-electron chi connectivity index (χ3n) is 4.81. The van der Waals surface area contributed by atoms with Crippen LogP contribution >= 0.6 is 12.4 Å². The van der Waals surface area contributed by atoms with Crippen LogP contribution in [0.3, 0.4) is 0 Å². The highest BCUT2D eigenvalue weighted by Crippen LogP contribution is 2.31. The Balaban J connectivity index is 0.00000361. The molecule has 20 heavy (non-hydrogen) atoms. The quantitative estimate of drug-likeness (QED) is 0.842. The SMILES string of the molecule is CCC(CC)(CN)C(=O)N1CCS(=O)(=O)C(C)C1C.Cl. The molecule has 1 fully saturated rings. The molecule has 2 unspecified atom stereocenters. The van der Waals surface area contributed by atoms with Crippen LogP contribution in [0.15, 0.2) is 0 Å². The van der Waals surface area contributed by atoms with Gasteiger partial charge in [0.1, 0.15) is 0 Å². The van der Waals surface area contributed by atoms with Crippen molar-refractivity contribution in [1.29, 1.82) is 0 Å². The van der Waals surface area contributed by atoms with Gasteiger partial charge in [0.2, 0.25) is 5.91 Å². The van der Waals surface area contributed by atoms with E-state index in [2.05, 4.69) is 0 Å². The van der Waals surface area contributed by atoms with Gasteiger partial charge in [-0.1, -0.05) is 13.8 Å². The minimum Gasteiger partial charge on any atom is -0.337 e. The van der Waals surface area contributed by atoms with Gasteiger partial charge in [-0.05, 0) is 26.7 Å². The fraction of sp³-hybridized carbons (Fsp3) is 0.923.